The van der Waals surface area contributed by atoms with E-state index >= 15 is 0 Å². The first kappa shape index (κ1) is 21.1. The number of aromatic amines is 1. The number of primary amides is 1. The number of nitrogens with one attached hydrogen (secondary N) is 2. The van der Waals surface area contributed by atoms with Crippen LogP contribution in [0.3, 0.4) is 0 Å². The fraction of sp³-hybridized carbons (Fsp3) is 0.273. The van der Waals surface area contributed by atoms with Gasteiger partial charge in [-0.1, -0.05) is 24.3 Å². The first-order valence-electron chi connectivity index (χ1n) is 10.1. The number of amides is 2. The Kier molecular flexibility index (Phi) is 5.79. The van der Waals surface area contributed by atoms with Crippen LogP contribution in [0.2, 0.25) is 0 Å². The van der Waals surface area contributed by atoms with Crippen molar-refractivity contribution in [1.82, 2.24) is 14.6 Å². The van der Waals surface area contributed by atoms with Crippen LogP contribution in [0, 0.1) is 0 Å². The highest BCUT2D eigenvalue weighted by molar-refractivity contribution is 7.89. The molecule has 0 radical (unpaired) electrons. The summed E-state index contributed by atoms with van der Waals surface area (Å²) < 4.78 is 26.9. The lowest BCUT2D eigenvalue weighted by Gasteiger charge is -2.29. The number of rotatable bonds is 7. The maximum absolute atomic E-state index is 12.8. The van der Waals surface area contributed by atoms with Crippen LogP contribution in [-0.4, -0.2) is 43.2 Å². The van der Waals surface area contributed by atoms with Crippen LogP contribution < -0.4 is 10.5 Å². The molecule has 0 fully saturated rings. The van der Waals surface area contributed by atoms with Crippen molar-refractivity contribution < 1.29 is 18.0 Å². The smallest absolute Gasteiger partial charge is 0.241 e. The molecule has 3 aromatic rings. The van der Waals surface area contributed by atoms with Crippen LogP contribution in [0.15, 0.2) is 53.6 Å². The minimum Gasteiger partial charge on any atom is -0.369 e. The summed E-state index contributed by atoms with van der Waals surface area (Å²) >= 11 is 0. The summed E-state index contributed by atoms with van der Waals surface area (Å²) in [6.07, 6.45) is 3.63. The summed E-state index contributed by atoms with van der Waals surface area (Å²) in [6.45, 7) is 0.505. The quantitative estimate of drug-likeness (QED) is 0.514. The molecule has 9 heteroatoms. The van der Waals surface area contributed by atoms with Crippen LogP contribution in [0.4, 0.5) is 0 Å². The summed E-state index contributed by atoms with van der Waals surface area (Å²) in [6, 6.07) is 12.8. The molecule has 4 N–H and O–H groups in total. The van der Waals surface area contributed by atoms with E-state index in [-0.39, 0.29) is 10.8 Å². The Morgan fingerprint density at radius 2 is 1.94 bits per heavy atom. The second kappa shape index (κ2) is 8.52. The monoisotopic (exact) mass is 440 g/mol. The largest absolute Gasteiger partial charge is 0.369 e. The van der Waals surface area contributed by atoms with E-state index in [0.717, 1.165) is 27.6 Å². The predicted octanol–water partition coefficient (Wildman–Crippen LogP) is 1.45. The lowest BCUT2D eigenvalue weighted by Crippen LogP contribution is -2.36. The molecule has 1 aliphatic heterocycles. The van der Waals surface area contributed by atoms with E-state index in [2.05, 4.69) is 9.71 Å². The number of carbonyl (C=O) groups excluding carboxylic acids is 2. The number of nitrogens with two attached hydrogens (primary N) is 1. The number of benzene rings is 2. The molecule has 4 rings (SSSR count). The van der Waals surface area contributed by atoms with Crippen LogP contribution >= 0.6 is 0 Å². The number of hydrogen-bond acceptors (Lipinski definition) is 4. The van der Waals surface area contributed by atoms with Crippen molar-refractivity contribution in [3.05, 3.63) is 65.4 Å². The summed E-state index contributed by atoms with van der Waals surface area (Å²) in [4.78, 5) is 28.8. The molecule has 0 atom stereocenters. The van der Waals surface area contributed by atoms with Crippen molar-refractivity contribution in [3.8, 4) is 0 Å². The van der Waals surface area contributed by atoms with Crippen molar-refractivity contribution in [3.63, 3.8) is 0 Å². The van der Waals surface area contributed by atoms with Crippen molar-refractivity contribution in [2.75, 3.05) is 13.1 Å². The van der Waals surface area contributed by atoms with E-state index in [1.807, 2.05) is 30.5 Å². The number of H-pyrrole nitrogens is 1. The van der Waals surface area contributed by atoms with Gasteiger partial charge >= 0.3 is 0 Å². The standard InChI is InChI=1S/C22H24N4O4S/c23-21(27)13-25-31(29,30)18-7-5-15-9-10-26(14-17(15)11-18)22(28)8-6-16-12-24-20-4-2-1-3-19(16)20/h1-5,7,11-12,24-25H,6,8-10,13-14H2,(H2,23,27). The fourth-order valence-electron chi connectivity index (χ4n) is 3.90. The average Bonchev–Trinajstić information content (AvgIpc) is 3.18. The number of carbonyl (C=O) groups is 2. The Hall–Kier alpha value is -3.17. The van der Waals surface area contributed by atoms with E-state index in [1.54, 1.807) is 17.0 Å². The van der Waals surface area contributed by atoms with Gasteiger partial charge in [0.1, 0.15) is 0 Å². The van der Waals surface area contributed by atoms with E-state index in [1.165, 1.54) is 6.07 Å². The van der Waals surface area contributed by atoms with Gasteiger partial charge in [-0.05, 0) is 47.7 Å². The normalized spacial score (nSPS) is 13.9. The van der Waals surface area contributed by atoms with Crippen LogP contribution in [-0.2, 0) is 39.0 Å². The van der Waals surface area contributed by atoms with Gasteiger partial charge in [0.15, 0.2) is 0 Å². The molecular weight excluding hydrogens is 416 g/mol. The number of para-hydroxylation sites is 1. The van der Waals surface area contributed by atoms with Gasteiger partial charge in [-0.2, -0.15) is 0 Å². The molecule has 0 saturated heterocycles. The second-order valence-corrected chi connectivity index (χ2v) is 9.41. The van der Waals surface area contributed by atoms with Crippen LogP contribution in [0.1, 0.15) is 23.1 Å². The third kappa shape index (κ3) is 4.62. The van der Waals surface area contributed by atoms with Gasteiger partial charge < -0.3 is 15.6 Å². The van der Waals surface area contributed by atoms with Gasteiger partial charge in [-0.25, -0.2) is 13.1 Å². The molecule has 0 bridgehead atoms. The van der Waals surface area contributed by atoms with Crippen LogP contribution in [0.25, 0.3) is 10.9 Å². The molecule has 1 aromatic heterocycles. The third-order valence-corrected chi connectivity index (χ3v) is 6.97. The van der Waals surface area contributed by atoms with E-state index < -0.39 is 22.5 Å². The Labute approximate surface area is 180 Å². The lowest BCUT2D eigenvalue weighted by atomic mass is 9.99. The maximum Gasteiger partial charge on any atom is 0.241 e. The van der Waals surface area contributed by atoms with Crippen molar-refractivity contribution in [2.24, 2.45) is 5.73 Å². The zero-order valence-corrected chi connectivity index (χ0v) is 17.7. The molecule has 8 nitrogen and oxygen atoms in total. The van der Waals surface area contributed by atoms with E-state index in [4.69, 9.17) is 5.73 Å². The number of nitrogens with zero attached hydrogens (tertiary/aromatic N) is 1. The van der Waals surface area contributed by atoms with Crippen molar-refractivity contribution >= 4 is 32.7 Å². The number of hydrogen-bond donors (Lipinski definition) is 3. The summed E-state index contributed by atoms with van der Waals surface area (Å²) in [7, 11) is -3.84. The SMILES string of the molecule is NC(=O)CNS(=O)(=O)c1ccc2c(c1)CN(C(=O)CCc1c[nH]c3ccccc13)CC2. The molecular formula is C22H24N4O4S. The van der Waals surface area contributed by atoms with Crippen molar-refractivity contribution in [1.29, 1.82) is 0 Å². The van der Waals surface area contributed by atoms with Gasteiger partial charge in [-0.3, -0.25) is 9.59 Å². The Bertz CT molecular complexity index is 1250. The Morgan fingerprint density at radius 1 is 1.13 bits per heavy atom. The Morgan fingerprint density at radius 3 is 2.74 bits per heavy atom. The van der Waals surface area contributed by atoms with Gasteiger partial charge in [0.25, 0.3) is 0 Å². The maximum atomic E-state index is 12.8. The van der Waals surface area contributed by atoms with E-state index in [0.29, 0.717) is 32.4 Å². The number of fused-ring (bicyclic) bond motifs is 2. The van der Waals surface area contributed by atoms with Crippen LogP contribution in [0.5, 0.6) is 0 Å². The molecule has 2 heterocycles. The van der Waals surface area contributed by atoms with E-state index in [9.17, 15) is 18.0 Å². The second-order valence-electron chi connectivity index (χ2n) is 7.65. The average molecular weight is 441 g/mol. The minimum atomic E-state index is -3.84. The molecule has 0 saturated carbocycles. The zero-order valence-electron chi connectivity index (χ0n) is 16.9. The highest BCUT2D eigenvalue weighted by atomic mass is 32.2. The zero-order chi connectivity index (χ0) is 22.0. The molecule has 2 aromatic carbocycles. The predicted molar refractivity (Wildman–Crippen MR) is 117 cm³/mol. The third-order valence-electron chi connectivity index (χ3n) is 5.57. The van der Waals surface area contributed by atoms with Gasteiger partial charge in [0, 0.05) is 36.6 Å². The first-order chi connectivity index (χ1) is 14.8. The Balaban J connectivity index is 1.44. The highest BCUT2D eigenvalue weighted by Crippen LogP contribution is 2.24. The molecule has 1 aliphatic rings. The summed E-state index contributed by atoms with van der Waals surface area (Å²) in [5, 5.41) is 1.12. The highest BCUT2D eigenvalue weighted by Gasteiger charge is 2.23. The molecule has 0 unspecified atom stereocenters. The number of aromatic nitrogens is 1. The summed E-state index contributed by atoms with van der Waals surface area (Å²) in [5.74, 6) is -0.718. The lowest BCUT2D eigenvalue weighted by molar-refractivity contribution is -0.132. The van der Waals surface area contributed by atoms with Gasteiger partial charge in [-0.15, -0.1) is 0 Å². The minimum absolute atomic E-state index is 0.0380. The fourth-order valence-corrected chi connectivity index (χ4v) is 4.94. The van der Waals surface area contributed by atoms with Gasteiger partial charge in [0.2, 0.25) is 21.8 Å². The molecule has 2 amide bonds. The molecule has 162 valence electrons. The number of aryl methyl sites for hydroxylation is 1. The first-order valence-corrected chi connectivity index (χ1v) is 11.5. The van der Waals surface area contributed by atoms with Crippen molar-refractivity contribution in [2.45, 2.75) is 30.7 Å². The molecule has 31 heavy (non-hydrogen) atoms. The molecule has 0 spiro atoms. The topological polar surface area (TPSA) is 125 Å². The number of sulfonamides is 1. The van der Waals surface area contributed by atoms with Gasteiger partial charge in [0.05, 0.1) is 11.4 Å². The molecule has 0 aliphatic carbocycles. The summed E-state index contributed by atoms with van der Waals surface area (Å²) in [5.41, 5.74) is 9.00.